The molecule has 6 rings (SSSR count). The van der Waals surface area contributed by atoms with E-state index in [4.69, 9.17) is 17.0 Å². The van der Waals surface area contributed by atoms with Gasteiger partial charge >= 0.3 is 37.9 Å². The van der Waals surface area contributed by atoms with Crippen molar-refractivity contribution in [1.29, 1.82) is 0 Å². The predicted octanol–water partition coefficient (Wildman–Crippen LogP) is 11.1. The van der Waals surface area contributed by atoms with Crippen LogP contribution in [0, 0.1) is 6.42 Å². The summed E-state index contributed by atoms with van der Waals surface area (Å²) < 4.78 is 0. The van der Waals surface area contributed by atoms with Gasteiger partial charge in [0.05, 0.1) is 0 Å². The summed E-state index contributed by atoms with van der Waals surface area (Å²) in [5.41, 5.74) is 4.23. The fourth-order valence-electron chi connectivity index (χ4n) is 4.07. The van der Waals surface area contributed by atoms with E-state index in [1.165, 1.54) is 38.2 Å². The van der Waals surface area contributed by atoms with E-state index in [0.29, 0.717) is 5.41 Å². The largest absolute Gasteiger partial charge is 0.126 e. The molecule has 0 aromatic heterocycles. The van der Waals surface area contributed by atoms with Crippen LogP contribution in [0.1, 0.15) is 37.5 Å². The van der Waals surface area contributed by atoms with Crippen LogP contribution < -0.4 is 0 Å². The fraction of sp³-hybridized carbons (Fsp3) is 0.114. The maximum atomic E-state index is 4.93. The van der Waals surface area contributed by atoms with Crippen molar-refractivity contribution in [2.24, 2.45) is 0 Å². The van der Waals surface area contributed by atoms with E-state index in [1.54, 1.807) is 0 Å². The van der Waals surface area contributed by atoms with Gasteiger partial charge in [0.2, 0.25) is 0 Å². The summed E-state index contributed by atoms with van der Waals surface area (Å²) in [7, 11) is 9.87. The van der Waals surface area contributed by atoms with Gasteiger partial charge in [0.15, 0.2) is 0 Å². The van der Waals surface area contributed by atoms with Gasteiger partial charge in [-0.1, -0.05) is 99.0 Å². The van der Waals surface area contributed by atoms with Gasteiger partial charge in [0.25, 0.3) is 0 Å². The molecule has 6 aromatic carbocycles. The minimum absolute atomic E-state index is 0.323. The first kappa shape index (κ1) is 30.0. The Hall–Kier alpha value is -2.57. The molecule has 0 amide bonds. The van der Waals surface area contributed by atoms with E-state index in [2.05, 4.69) is 155 Å². The van der Waals surface area contributed by atoms with Crippen molar-refractivity contribution < 1.29 is 20.8 Å². The van der Waals surface area contributed by atoms with Crippen LogP contribution in [0.25, 0.3) is 21.5 Å². The molecule has 0 atom stereocenters. The summed E-state index contributed by atoms with van der Waals surface area (Å²) in [4.78, 5) is 0. The zero-order valence-corrected chi connectivity index (χ0v) is 26.1. The molecule has 0 aliphatic carbocycles. The van der Waals surface area contributed by atoms with Crippen LogP contribution in [0.4, 0.5) is 0 Å². The van der Waals surface area contributed by atoms with E-state index < -0.39 is 20.8 Å². The molecule has 0 unspecified atom stereocenters. The monoisotopic (exact) mass is 613 g/mol. The average Bonchev–Trinajstić information content (AvgIpc) is 3.60. The molecule has 0 saturated carbocycles. The first-order valence-electron chi connectivity index (χ1n) is 12.6. The maximum absolute atomic E-state index is 4.93. The molecule has 0 N–H and O–H groups in total. The van der Waals surface area contributed by atoms with E-state index >= 15 is 0 Å². The van der Waals surface area contributed by atoms with Gasteiger partial charge in [-0.25, -0.2) is 6.07 Å². The van der Waals surface area contributed by atoms with Crippen LogP contribution in [-0.2, 0) is 26.3 Å². The first-order valence-corrected chi connectivity index (χ1v) is 18.9. The topological polar surface area (TPSA) is 0 Å². The summed E-state index contributed by atoms with van der Waals surface area (Å²) in [6.45, 7) is 6.67. The van der Waals surface area contributed by atoms with Crippen molar-refractivity contribution in [3.63, 3.8) is 0 Å². The van der Waals surface area contributed by atoms with Crippen molar-refractivity contribution >= 4 is 38.6 Å². The van der Waals surface area contributed by atoms with E-state index in [9.17, 15) is 0 Å². The molecular formula is C35H33Cl2Zr-3. The Morgan fingerprint density at radius 3 is 1.39 bits per heavy atom. The van der Waals surface area contributed by atoms with E-state index in [1.807, 2.05) is 12.1 Å². The van der Waals surface area contributed by atoms with Crippen LogP contribution in [-0.4, -0.2) is 0 Å². The molecule has 0 aliphatic heterocycles. The molecule has 0 spiro atoms. The van der Waals surface area contributed by atoms with Crippen LogP contribution in [0.2, 0.25) is 0 Å². The van der Waals surface area contributed by atoms with E-state index in [0.717, 1.165) is 0 Å². The molecule has 38 heavy (non-hydrogen) atoms. The second kappa shape index (κ2) is 15.8. The Morgan fingerprint density at radius 1 is 0.605 bits per heavy atom. The van der Waals surface area contributed by atoms with Gasteiger partial charge in [0.1, 0.15) is 0 Å². The SMILES string of the molecule is CC(C)(C)c1cc[cH-]c1.[Cl][Zr][Cl].c1ccc([CH-]c2ccccc2)cc1.c1ccc2c(c1)[cH-]c1ccccc12. The number of benzene rings is 4. The second-order valence-electron chi connectivity index (χ2n) is 9.78. The maximum Gasteiger partial charge on any atom is -0.0771 e. The van der Waals surface area contributed by atoms with Crippen LogP contribution in [0.5, 0.6) is 0 Å². The van der Waals surface area contributed by atoms with Gasteiger partial charge in [-0.2, -0.15) is 23.8 Å². The third-order valence-electron chi connectivity index (χ3n) is 5.98. The van der Waals surface area contributed by atoms with Gasteiger partial charge < -0.3 is 0 Å². The molecule has 6 aromatic rings. The van der Waals surface area contributed by atoms with Crippen molar-refractivity contribution in [1.82, 2.24) is 0 Å². The molecular weight excluding hydrogens is 583 g/mol. The molecule has 0 nitrogen and oxygen atoms in total. The molecule has 194 valence electrons. The molecule has 0 aliphatic rings. The Bertz CT molecular complexity index is 1360. The number of fused-ring (bicyclic) bond motifs is 3. The first-order chi connectivity index (χ1) is 18.4. The van der Waals surface area contributed by atoms with Crippen LogP contribution in [0.15, 0.2) is 140 Å². The van der Waals surface area contributed by atoms with Crippen LogP contribution >= 0.6 is 17.0 Å². The smallest absolute Gasteiger partial charge is 0.0771 e. The van der Waals surface area contributed by atoms with E-state index in [-0.39, 0.29) is 0 Å². The van der Waals surface area contributed by atoms with Gasteiger partial charge in [-0.05, 0) is 0 Å². The summed E-state index contributed by atoms with van der Waals surface area (Å²) in [6.07, 6.45) is 2.17. The fourth-order valence-corrected chi connectivity index (χ4v) is 4.07. The summed E-state index contributed by atoms with van der Waals surface area (Å²) in [5.74, 6) is 0. The van der Waals surface area contributed by atoms with Crippen molar-refractivity contribution in [2.75, 3.05) is 0 Å². The Morgan fingerprint density at radius 2 is 1.03 bits per heavy atom. The van der Waals surface area contributed by atoms with Crippen molar-refractivity contribution in [3.05, 3.63) is 163 Å². The Labute approximate surface area is 246 Å². The van der Waals surface area contributed by atoms with Gasteiger partial charge in [-0.3, -0.25) is 0 Å². The second-order valence-corrected chi connectivity index (χ2v) is 13.5. The third kappa shape index (κ3) is 9.63. The van der Waals surface area contributed by atoms with Crippen molar-refractivity contribution in [2.45, 2.75) is 26.2 Å². The number of halogens is 2. The Kier molecular flexibility index (Phi) is 12.4. The minimum Gasteiger partial charge on any atom is -0.126 e. The Balaban J connectivity index is 0.000000153. The number of hydrogen-bond donors (Lipinski definition) is 0. The summed E-state index contributed by atoms with van der Waals surface area (Å²) >= 11 is -0.826. The zero-order chi connectivity index (χ0) is 27.2. The quantitative estimate of drug-likeness (QED) is 0.170. The van der Waals surface area contributed by atoms with Gasteiger partial charge in [-0.15, -0.1) is 81.6 Å². The molecule has 0 heterocycles. The molecule has 0 fully saturated rings. The normalized spacial score (nSPS) is 10.2. The third-order valence-corrected chi connectivity index (χ3v) is 5.98. The summed E-state index contributed by atoms with van der Waals surface area (Å²) in [5, 5.41) is 5.39. The molecule has 0 radical (unpaired) electrons. The zero-order valence-electron chi connectivity index (χ0n) is 22.1. The molecule has 3 heteroatoms. The minimum atomic E-state index is -0.826. The van der Waals surface area contributed by atoms with Crippen LogP contribution in [0.3, 0.4) is 0 Å². The van der Waals surface area contributed by atoms with Gasteiger partial charge in [0, 0.05) is 0 Å². The van der Waals surface area contributed by atoms with Crippen molar-refractivity contribution in [3.8, 4) is 0 Å². The predicted molar refractivity (Wildman–Crippen MR) is 165 cm³/mol. The summed E-state index contributed by atoms with van der Waals surface area (Å²) in [6, 6.07) is 48.5. The standard InChI is InChI=1S/C13H9.C13H11.C9H13.2ClH.Zr/c1-3-7-12-10(5-1)9-11-6-2-4-8-13(11)12;1-3-7-12(8-4-1)11-13-9-5-2-6-10-13;1-9(2,3)8-6-4-5-7-8;;;/h1-9H;1-11H;4-7H,1-3H3;2*1H;/q3*-1;;;+2/p-2. The average molecular weight is 616 g/mol. The molecule has 0 bridgehead atoms. The number of rotatable bonds is 2. The molecule has 0 saturated heterocycles. The number of hydrogen-bond acceptors (Lipinski definition) is 0.